The zero-order valence-corrected chi connectivity index (χ0v) is 11.8. The number of benzene rings is 1. The van der Waals surface area contributed by atoms with E-state index in [1.165, 1.54) is 0 Å². The van der Waals surface area contributed by atoms with Gasteiger partial charge in [0.1, 0.15) is 0 Å². The Balaban J connectivity index is 2.02. The Labute approximate surface area is 118 Å². The molecule has 2 rings (SSSR count). The molecule has 1 aromatic rings. The lowest BCUT2D eigenvalue weighted by molar-refractivity contribution is -0.119. The highest BCUT2D eigenvalue weighted by atomic mass is 35.5. The maximum Gasteiger partial charge on any atom is 0.228 e. The van der Waals surface area contributed by atoms with Crippen LogP contribution >= 0.6 is 11.6 Å². The maximum absolute atomic E-state index is 12.3. The van der Waals surface area contributed by atoms with Gasteiger partial charge >= 0.3 is 0 Å². The zero-order chi connectivity index (χ0) is 13.7. The number of hydrogen-bond acceptors (Lipinski definition) is 3. The Morgan fingerprint density at radius 1 is 1.58 bits per heavy atom. The van der Waals surface area contributed by atoms with Crippen molar-refractivity contribution >= 4 is 23.2 Å². The predicted molar refractivity (Wildman–Crippen MR) is 76.7 cm³/mol. The number of rotatable bonds is 4. The molecule has 1 heterocycles. The van der Waals surface area contributed by atoms with Crippen LogP contribution in [0.5, 0.6) is 0 Å². The van der Waals surface area contributed by atoms with E-state index in [-0.39, 0.29) is 11.9 Å². The van der Waals surface area contributed by atoms with Gasteiger partial charge in [-0.1, -0.05) is 17.7 Å². The molecule has 1 amide bonds. The van der Waals surface area contributed by atoms with E-state index >= 15 is 0 Å². The van der Waals surface area contributed by atoms with Crippen LogP contribution < -0.4 is 10.2 Å². The molecule has 104 valence electrons. The van der Waals surface area contributed by atoms with Crippen LogP contribution in [0, 0.1) is 0 Å². The molecule has 1 aromatic carbocycles. The molecule has 0 spiro atoms. The van der Waals surface area contributed by atoms with E-state index in [9.17, 15) is 4.79 Å². The minimum atomic E-state index is 0.0905. The van der Waals surface area contributed by atoms with Gasteiger partial charge in [0.05, 0.1) is 13.2 Å². The monoisotopic (exact) mass is 282 g/mol. The van der Waals surface area contributed by atoms with Crippen LogP contribution in [0.25, 0.3) is 0 Å². The fraction of sp³-hybridized carbons (Fsp3) is 0.500. The van der Waals surface area contributed by atoms with Crippen LogP contribution in [0.15, 0.2) is 24.3 Å². The van der Waals surface area contributed by atoms with Gasteiger partial charge in [0.25, 0.3) is 0 Å². The molecule has 0 radical (unpaired) electrons. The second kappa shape index (κ2) is 6.89. The summed E-state index contributed by atoms with van der Waals surface area (Å²) in [7, 11) is 0. The fourth-order valence-corrected chi connectivity index (χ4v) is 2.40. The highest BCUT2D eigenvalue weighted by molar-refractivity contribution is 6.30. The van der Waals surface area contributed by atoms with Crippen LogP contribution in [-0.2, 0) is 9.53 Å². The molecule has 1 unspecified atom stereocenters. The van der Waals surface area contributed by atoms with Crippen LogP contribution in [0.1, 0.15) is 13.3 Å². The van der Waals surface area contributed by atoms with Crippen LogP contribution in [0.3, 0.4) is 0 Å². The lowest BCUT2D eigenvalue weighted by atomic mass is 10.1. The molecule has 1 N–H and O–H groups in total. The number of ether oxygens (including phenoxy) is 1. The minimum Gasteiger partial charge on any atom is -0.378 e. The Morgan fingerprint density at radius 3 is 3.05 bits per heavy atom. The van der Waals surface area contributed by atoms with Crippen molar-refractivity contribution in [2.75, 3.05) is 31.2 Å². The first-order valence-electron chi connectivity index (χ1n) is 6.57. The van der Waals surface area contributed by atoms with Gasteiger partial charge in [0.2, 0.25) is 5.91 Å². The fourth-order valence-electron chi connectivity index (χ4n) is 2.22. The molecule has 1 aliphatic heterocycles. The number of morpholine rings is 1. The molecule has 0 saturated carbocycles. The van der Waals surface area contributed by atoms with E-state index in [1.807, 2.05) is 25.1 Å². The van der Waals surface area contributed by atoms with Crippen molar-refractivity contribution in [3.63, 3.8) is 0 Å². The minimum absolute atomic E-state index is 0.0905. The zero-order valence-electron chi connectivity index (χ0n) is 11.1. The predicted octanol–water partition coefficient (Wildman–Crippen LogP) is 2.07. The molecule has 5 heteroatoms. The third-order valence-corrected chi connectivity index (χ3v) is 3.39. The van der Waals surface area contributed by atoms with Crippen LogP contribution in [0.2, 0.25) is 5.02 Å². The summed E-state index contributed by atoms with van der Waals surface area (Å²) < 4.78 is 5.37. The van der Waals surface area contributed by atoms with E-state index in [0.29, 0.717) is 24.6 Å². The van der Waals surface area contributed by atoms with Crippen molar-refractivity contribution in [3.8, 4) is 0 Å². The maximum atomic E-state index is 12.3. The van der Waals surface area contributed by atoms with Gasteiger partial charge in [-0.2, -0.15) is 0 Å². The molecule has 1 fully saturated rings. The lowest BCUT2D eigenvalue weighted by Gasteiger charge is -2.27. The topological polar surface area (TPSA) is 41.6 Å². The summed E-state index contributed by atoms with van der Waals surface area (Å²) in [6, 6.07) is 7.48. The second-order valence-electron chi connectivity index (χ2n) is 4.55. The second-order valence-corrected chi connectivity index (χ2v) is 4.98. The summed E-state index contributed by atoms with van der Waals surface area (Å²) in [4.78, 5) is 14.1. The molecule has 0 bridgehead atoms. The highest BCUT2D eigenvalue weighted by Gasteiger charge is 2.21. The molecular formula is C14H19ClN2O2. The summed E-state index contributed by atoms with van der Waals surface area (Å²) >= 11 is 5.97. The first-order chi connectivity index (χ1) is 9.20. The molecule has 4 nitrogen and oxygen atoms in total. The van der Waals surface area contributed by atoms with E-state index in [0.717, 1.165) is 18.8 Å². The number of halogens is 1. The molecule has 1 atom stereocenters. The normalized spacial score (nSPS) is 19.2. The molecular weight excluding hydrogens is 264 g/mol. The lowest BCUT2D eigenvalue weighted by Crippen LogP contribution is -2.45. The van der Waals surface area contributed by atoms with Crippen molar-refractivity contribution in [2.45, 2.75) is 19.4 Å². The number of anilines is 1. The standard InChI is InChI=1S/C14H19ClN2O2/c1-2-17(13-5-3-4-11(15)8-13)14(18)9-12-10-19-7-6-16-12/h3-5,8,12,16H,2,6-7,9-10H2,1H3. The first kappa shape index (κ1) is 14.3. The first-order valence-corrected chi connectivity index (χ1v) is 6.95. The van der Waals surface area contributed by atoms with Crippen molar-refractivity contribution in [2.24, 2.45) is 0 Å². The summed E-state index contributed by atoms with van der Waals surface area (Å²) in [6.07, 6.45) is 0.445. The third-order valence-electron chi connectivity index (χ3n) is 3.16. The van der Waals surface area contributed by atoms with Gasteiger partial charge in [-0.15, -0.1) is 0 Å². The van der Waals surface area contributed by atoms with Crippen molar-refractivity contribution in [1.29, 1.82) is 0 Å². The average Bonchev–Trinajstić information content (AvgIpc) is 2.41. The summed E-state index contributed by atoms with van der Waals surface area (Å²) in [5, 5.41) is 3.93. The quantitative estimate of drug-likeness (QED) is 0.919. The third kappa shape index (κ3) is 3.93. The van der Waals surface area contributed by atoms with Crippen molar-refractivity contribution in [1.82, 2.24) is 5.32 Å². The molecule has 19 heavy (non-hydrogen) atoms. The number of carbonyl (C=O) groups excluding carboxylic acids is 1. The summed E-state index contributed by atoms with van der Waals surface area (Å²) in [5.41, 5.74) is 0.844. The van der Waals surface area contributed by atoms with Gasteiger partial charge in [0, 0.05) is 36.3 Å². The average molecular weight is 283 g/mol. The van der Waals surface area contributed by atoms with E-state index in [1.54, 1.807) is 11.0 Å². The number of hydrogen-bond donors (Lipinski definition) is 1. The van der Waals surface area contributed by atoms with Gasteiger partial charge in [-0.25, -0.2) is 0 Å². The summed E-state index contributed by atoms with van der Waals surface area (Å²) in [6.45, 7) is 4.72. The van der Waals surface area contributed by atoms with E-state index in [2.05, 4.69) is 5.32 Å². The SMILES string of the molecule is CCN(C(=O)CC1COCCN1)c1cccc(Cl)c1. The van der Waals surface area contributed by atoms with Crippen molar-refractivity contribution < 1.29 is 9.53 Å². The van der Waals surface area contributed by atoms with Gasteiger partial charge in [-0.05, 0) is 25.1 Å². The highest BCUT2D eigenvalue weighted by Crippen LogP contribution is 2.20. The smallest absolute Gasteiger partial charge is 0.228 e. The molecule has 0 aliphatic carbocycles. The molecule has 1 aliphatic rings. The number of amides is 1. The summed E-state index contributed by atoms with van der Waals surface area (Å²) in [5.74, 6) is 0.0905. The Morgan fingerprint density at radius 2 is 2.42 bits per heavy atom. The Bertz CT molecular complexity index is 433. The van der Waals surface area contributed by atoms with E-state index in [4.69, 9.17) is 16.3 Å². The Hall–Kier alpha value is -1.10. The van der Waals surface area contributed by atoms with Gasteiger partial charge in [0.15, 0.2) is 0 Å². The van der Waals surface area contributed by atoms with Gasteiger partial charge < -0.3 is 15.0 Å². The number of nitrogens with zero attached hydrogens (tertiary/aromatic N) is 1. The number of carbonyl (C=O) groups is 1. The van der Waals surface area contributed by atoms with Crippen LogP contribution in [0.4, 0.5) is 5.69 Å². The van der Waals surface area contributed by atoms with Crippen molar-refractivity contribution in [3.05, 3.63) is 29.3 Å². The molecule has 0 aromatic heterocycles. The largest absolute Gasteiger partial charge is 0.378 e. The van der Waals surface area contributed by atoms with Crippen LogP contribution in [-0.4, -0.2) is 38.3 Å². The number of nitrogens with one attached hydrogen (secondary N) is 1. The Kier molecular flexibility index (Phi) is 5.19. The molecule has 1 saturated heterocycles. The van der Waals surface area contributed by atoms with E-state index < -0.39 is 0 Å². The van der Waals surface area contributed by atoms with Gasteiger partial charge in [-0.3, -0.25) is 4.79 Å².